The molecule has 0 spiro atoms. The van der Waals surface area contributed by atoms with Gasteiger partial charge in [0.15, 0.2) is 6.29 Å². The van der Waals surface area contributed by atoms with E-state index in [9.17, 15) is 4.79 Å². The van der Waals surface area contributed by atoms with E-state index in [4.69, 9.17) is 4.74 Å². The van der Waals surface area contributed by atoms with Gasteiger partial charge in [0.25, 0.3) is 0 Å². The quantitative estimate of drug-likeness (QED) is 0.799. The van der Waals surface area contributed by atoms with Crippen molar-refractivity contribution in [2.24, 2.45) is 0 Å². The molecule has 0 aromatic heterocycles. The lowest BCUT2D eigenvalue weighted by atomic mass is 10.1. The average molecular weight is 312 g/mol. The van der Waals surface area contributed by atoms with Crippen LogP contribution in [0.5, 0.6) is 0 Å². The Labute approximate surface area is 116 Å². The van der Waals surface area contributed by atoms with Gasteiger partial charge in [-0.15, -0.1) is 0 Å². The minimum absolute atomic E-state index is 0.280. The van der Waals surface area contributed by atoms with Crippen LogP contribution in [0.1, 0.15) is 29.6 Å². The van der Waals surface area contributed by atoms with E-state index in [1.807, 2.05) is 25.2 Å². The second-order valence-corrected chi connectivity index (χ2v) is 5.61. The maximum Gasteiger partial charge on any atom is 0.152 e. The van der Waals surface area contributed by atoms with Crippen molar-refractivity contribution in [3.05, 3.63) is 28.2 Å². The number of nitrogens with zero attached hydrogens (tertiary/aromatic N) is 1. The Morgan fingerprint density at radius 3 is 3.00 bits per heavy atom. The summed E-state index contributed by atoms with van der Waals surface area (Å²) in [6.07, 6.45) is 4.69. The molecule has 0 N–H and O–H groups in total. The minimum atomic E-state index is 0.280. The summed E-state index contributed by atoms with van der Waals surface area (Å²) in [7, 11) is 2.01. The first-order chi connectivity index (χ1) is 8.70. The van der Waals surface area contributed by atoms with Crippen LogP contribution in [0.4, 0.5) is 5.69 Å². The number of hydrogen-bond donors (Lipinski definition) is 0. The predicted molar refractivity (Wildman–Crippen MR) is 76.4 cm³/mol. The number of rotatable bonds is 4. The molecular weight excluding hydrogens is 294 g/mol. The van der Waals surface area contributed by atoms with Gasteiger partial charge in [-0.1, -0.05) is 15.9 Å². The van der Waals surface area contributed by atoms with Crippen molar-refractivity contribution in [2.75, 3.05) is 25.1 Å². The summed E-state index contributed by atoms with van der Waals surface area (Å²) >= 11 is 3.45. The number of benzene rings is 1. The molecule has 18 heavy (non-hydrogen) atoms. The summed E-state index contributed by atoms with van der Waals surface area (Å²) in [6.45, 7) is 1.69. The first-order valence-corrected chi connectivity index (χ1v) is 7.07. The fourth-order valence-electron chi connectivity index (χ4n) is 2.30. The molecule has 1 fully saturated rings. The van der Waals surface area contributed by atoms with Crippen molar-refractivity contribution in [1.29, 1.82) is 0 Å². The van der Waals surface area contributed by atoms with Gasteiger partial charge in [0.1, 0.15) is 0 Å². The summed E-state index contributed by atoms with van der Waals surface area (Å²) in [4.78, 5) is 13.2. The van der Waals surface area contributed by atoms with Crippen LogP contribution in [-0.2, 0) is 4.74 Å². The zero-order chi connectivity index (χ0) is 13.0. The maximum absolute atomic E-state index is 11.1. The zero-order valence-electron chi connectivity index (χ0n) is 10.6. The molecule has 1 aliphatic rings. The van der Waals surface area contributed by atoms with Gasteiger partial charge in [-0.05, 0) is 37.5 Å². The maximum atomic E-state index is 11.1. The van der Waals surface area contributed by atoms with Crippen LogP contribution >= 0.6 is 15.9 Å². The fourth-order valence-corrected chi connectivity index (χ4v) is 2.65. The number of likely N-dealkylation sites (N-methyl/N-ethyl adjacent to an activating group) is 1. The standard InChI is InChI=1S/C14H18BrNO2/c1-16(9-13-4-2-3-7-18-13)14-8-12(15)6-5-11(14)10-17/h5-6,8,10,13H,2-4,7,9H2,1H3. The molecule has 1 heterocycles. The van der Waals surface area contributed by atoms with Crippen LogP contribution in [0.25, 0.3) is 0 Å². The second-order valence-electron chi connectivity index (χ2n) is 4.69. The molecule has 1 atom stereocenters. The average Bonchev–Trinajstić information content (AvgIpc) is 2.40. The molecule has 1 aliphatic heterocycles. The van der Waals surface area contributed by atoms with Gasteiger partial charge in [-0.25, -0.2) is 0 Å². The molecule has 0 aliphatic carbocycles. The molecule has 1 aromatic rings. The molecule has 4 heteroatoms. The molecule has 1 unspecified atom stereocenters. The van der Waals surface area contributed by atoms with Crippen LogP contribution < -0.4 is 4.90 Å². The SMILES string of the molecule is CN(CC1CCCCO1)c1cc(Br)ccc1C=O. The summed E-state index contributed by atoms with van der Waals surface area (Å²) in [5.41, 5.74) is 1.67. The Bertz CT molecular complexity index is 416. The fraction of sp³-hybridized carbons (Fsp3) is 0.500. The van der Waals surface area contributed by atoms with E-state index in [0.29, 0.717) is 0 Å². The minimum Gasteiger partial charge on any atom is -0.376 e. The van der Waals surface area contributed by atoms with Crippen LogP contribution in [0, 0.1) is 0 Å². The normalized spacial score (nSPS) is 19.6. The van der Waals surface area contributed by atoms with E-state index in [-0.39, 0.29) is 6.10 Å². The number of carbonyl (C=O) groups is 1. The summed E-state index contributed by atoms with van der Waals surface area (Å²) in [6, 6.07) is 5.70. The predicted octanol–water partition coefficient (Wildman–Crippen LogP) is 3.27. The van der Waals surface area contributed by atoms with Crippen LogP contribution in [-0.4, -0.2) is 32.6 Å². The Hall–Kier alpha value is -0.870. The summed E-state index contributed by atoms with van der Waals surface area (Å²) < 4.78 is 6.72. The number of hydrogen-bond acceptors (Lipinski definition) is 3. The van der Waals surface area contributed by atoms with Crippen LogP contribution in [0.15, 0.2) is 22.7 Å². The van der Waals surface area contributed by atoms with E-state index >= 15 is 0 Å². The van der Waals surface area contributed by atoms with Gasteiger partial charge in [0, 0.05) is 35.9 Å². The zero-order valence-corrected chi connectivity index (χ0v) is 12.1. The molecule has 0 bridgehead atoms. The molecule has 0 radical (unpaired) electrons. The lowest BCUT2D eigenvalue weighted by molar-refractivity contribution is 0.0216. The van der Waals surface area contributed by atoms with Crippen molar-refractivity contribution in [3.63, 3.8) is 0 Å². The lowest BCUT2D eigenvalue weighted by Gasteiger charge is -2.29. The van der Waals surface area contributed by atoms with Crippen molar-refractivity contribution < 1.29 is 9.53 Å². The van der Waals surface area contributed by atoms with E-state index < -0.39 is 0 Å². The largest absolute Gasteiger partial charge is 0.376 e. The Morgan fingerprint density at radius 2 is 2.33 bits per heavy atom. The second kappa shape index (κ2) is 6.34. The molecule has 3 nitrogen and oxygen atoms in total. The van der Waals surface area contributed by atoms with Crippen molar-refractivity contribution >= 4 is 27.9 Å². The monoisotopic (exact) mass is 311 g/mol. The third kappa shape index (κ3) is 3.33. The topological polar surface area (TPSA) is 29.5 Å². The van der Waals surface area contributed by atoms with E-state index in [1.54, 1.807) is 0 Å². The van der Waals surface area contributed by atoms with Gasteiger partial charge in [0.05, 0.1) is 6.10 Å². The number of carbonyl (C=O) groups excluding carboxylic acids is 1. The lowest BCUT2D eigenvalue weighted by Crippen LogP contribution is -2.33. The molecule has 0 amide bonds. The molecular formula is C14H18BrNO2. The molecule has 1 aromatic carbocycles. The van der Waals surface area contributed by atoms with Crippen LogP contribution in [0.3, 0.4) is 0 Å². The van der Waals surface area contributed by atoms with E-state index in [1.165, 1.54) is 6.42 Å². The van der Waals surface area contributed by atoms with E-state index in [2.05, 4.69) is 20.8 Å². The first kappa shape index (κ1) is 13.6. The Morgan fingerprint density at radius 1 is 1.50 bits per heavy atom. The van der Waals surface area contributed by atoms with E-state index in [0.717, 1.165) is 48.0 Å². The molecule has 0 saturated carbocycles. The van der Waals surface area contributed by atoms with Gasteiger partial charge in [-0.2, -0.15) is 0 Å². The van der Waals surface area contributed by atoms with Gasteiger partial charge < -0.3 is 9.64 Å². The number of aldehydes is 1. The summed E-state index contributed by atoms with van der Waals surface area (Å²) in [5.74, 6) is 0. The van der Waals surface area contributed by atoms with Crippen LogP contribution in [0.2, 0.25) is 0 Å². The number of ether oxygens (including phenoxy) is 1. The van der Waals surface area contributed by atoms with Crippen molar-refractivity contribution in [2.45, 2.75) is 25.4 Å². The Balaban J connectivity index is 2.09. The smallest absolute Gasteiger partial charge is 0.152 e. The van der Waals surface area contributed by atoms with Crippen molar-refractivity contribution in [3.8, 4) is 0 Å². The highest BCUT2D eigenvalue weighted by Crippen LogP contribution is 2.24. The van der Waals surface area contributed by atoms with Gasteiger partial charge in [0.2, 0.25) is 0 Å². The third-order valence-electron chi connectivity index (χ3n) is 3.28. The Kier molecular flexibility index (Phi) is 4.78. The van der Waals surface area contributed by atoms with Crippen molar-refractivity contribution in [1.82, 2.24) is 0 Å². The highest BCUT2D eigenvalue weighted by molar-refractivity contribution is 9.10. The third-order valence-corrected chi connectivity index (χ3v) is 3.78. The molecule has 98 valence electrons. The summed E-state index contributed by atoms with van der Waals surface area (Å²) in [5, 5.41) is 0. The molecule has 2 rings (SSSR count). The van der Waals surface area contributed by atoms with Gasteiger partial charge >= 0.3 is 0 Å². The first-order valence-electron chi connectivity index (χ1n) is 6.28. The molecule has 1 saturated heterocycles. The highest BCUT2D eigenvalue weighted by atomic mass is 79.9. The number of halogens is 1. The number of anilines is 1. The highest BCUT2D eigenvalue weighted by Gasteiger charge is 2.17. The van der Waals surface area contributed by atoms with Gasteiger partial charge in [-0.3, -0.25) is 4.79 Å².